The molecule has 47 valence electrons. The zero-order valence-electron chi connectivity index (χ0n) is 5.64. The molecule has 0 aromatic carbocycles. The van der Waals surface area contributed by atoms with Crippen molar-refractivity contribution >= 4 is 6.29 Å². The van der Waals surface area contributed by atoms with Crippen molar-refractivity contribution in [3.8, 4) is 0 Å². The van der Waals surface area contributed by atoms with E-state index in [-0.39, 0.29) is 0 Å². The summed E-state index contributed by atoms with van der Waals surface area (Å²) in [4.78, 5) is 11.9. The quantitative estimate of drug-likeness (QED) is 0.493. The largest absolute Gasteiger partial charge is 0.308 e. The van der Waals surface area contributed by atoms with E-state index >= 15 is 0 Å². The van der Waals surface area contributed by atoms with Gasteiger partial charge in [0.25, 0.3) is 0 Å². The summed E-state index contributed by atoms with van der Waals surface area (Å²) in [6.07, 6.45) is 0.889. The predicted molar refractivity (Wildman–Crippen MR) is 33.5 cm³/mol. The fraction of sp³-hybridized carbons (Fsp3) is 0.667. The maximum Gasteiger partial charge on any atom is 0.128 e. The summed E-state index contributed by atoms with van der Waals surface area (Å²) in [5, 5.41) is 0. The monoisotopic (exact) mass is 114 g/mol. The van der Waals surface area contributed by atoms with Crippen molar-refractivity contribution in [1.29, 1.82) is 0 Å². The van der Waals surface area contributed by atoms with E-state index in [1.165, 1.54) is 0 Å². The normalized spacial score (nSPS) is 10.6. The summed E-state index contributed by atoms with van der Waals surface area (Å²) in [6.45, 7) is 2.59. The molecular weight excluding hydrogens is 102 g/mol. The van der Waals surface area contributed by atoms with Crippen molar-refractivity contribution in [2.24, 2.45) is 0 Å². The predicted octanol–water partition coefficient (Wildman–Crippen LogP) is 0.341. The molecule has 8 heavy (non-hydrogen) atoms. The van der Waals surface area contributed by atoms with Crippen LogP contribution in [0.4, 0.5) is 0 Å². The van der Waals surface area contributed by atoms with Gasteiger partial charge in [0.2, 0.25) is 0 Å². The summed E-state index contributed by atoms with van der Waals surface area (Å²) in [5.74, 6) is 0.870. The molecule has 1 radical (unpaired) electrons. The minimum Gasteiger partial charge on any atom is -0.308 e. The zero-order chi connectivity index (χ0) is 6.57. The topological polar surface area (TPSA) is 20.3 Å². The number of hydrogen-bond donors (Lipinski definition) is 0. The van der Waals surface area contributed by atoms with E-state index in [2.05, 4.69) is 0 Å². The van der Waals surface area contributed by atoms with Crippen LogP contribution in [0.25, 0.3) is 0 Å². The molecule has 0 bridgehead atoms. The second kappa shape index (κ2) is 3.61. The Morgan fingerprint density at radius 2 is 2.12 bits per heavy atom. The average molecular weight is 114 g/mol. The smallest absolute Gasteiger partial charge is 0.128 e. The van der Waals surface area contributed by atoms with Crippen LogP contribution in [0.2, 0.25) is 0 Å². The molecule has 0 N–H and O–H groups in total. The first-order valence-electron chi connectivity index (χ1n) is 2.59. The van der Waals surface area contributed by atoms with Gasteiger partial charge in [-0.15, -0.1) is 0 Å². The highest BCUT2D eigenvalue weighted by molar-refractivity contribution is 5.67. The lowest BCUT2D eigenvalue weighted by Gasteiger charge is -2.09. The van der Waals surface area contributed by atoms with Gasteiger partial charge in [-0.3, -0.25) is 0 Å². The number of aldehydes is 1. The molecule has 2 heteroatoms. The molecule has 0 rings (SSSR count). The Labute approximate surface area is 50.5 Å². The van der Waals surface area contributed by atoms with Crippen LogP contribution < -0.4 is 0 Å². The second-order valence-corrected chi connectivity index (χ2v) is 2.20. The second-order valence-electron chi connectivity index (χ2n) is 2.20. The molecule has 0 spiro atoms. The molecular formula is C6H12NO. The molecule has 0 saturated carbocycles. The first-order chi connectivity index (χ1) is 3.66. The standard InChI is InChI=1S/C6H12NO/c1-6(5-8)4-7(2)3/h5H,4H2,1-3H3. The number of rotatable bonds is 3. The lowest BCUT2D eigenvalue weighted by atomic mass is 10.2. The summed E-state index contributed by atoms with van der Waals surface area (Å²) in [7, 11) is 3.88. The van der Waals surface area contributed by atoms with E-state index in [1.54, 1.807) is 0 Å². The number of carbonyl (C=O) groups excluding carboxylic acids is 1. The lowest BCUT2D eigenvalue weighted by molar-refractivity contribution is -0.106. The molecule has 0 amide bonds. The fourth-order valence-corrected chi connectivity index (χ4v) is 0.536. The SMILES string of the molecule is C[C](C=O)CN(C)C. The maximum atomic E-state index is 9.98. The Kier molecular flexibility index (Phi) is 3.44. The van der Waals surface area contributed by atoms with Crippen LogP contribution in [0.15, 0.2) is 0 Å². The van der Waals surface area contributed by atoms with Crippen molar-refractivity contribution < 1.29 is 4.79 Å². The van der Waals surface area contributed by atoms with E-state index in [1.807, 2.05) is 25.9 Å². The number of nitrogens with zero attached hydrogens (tertiary/aromatic N) is 1. The van der Waals surface area contributed by atoms with Gasteiger partial charge in [0.1, 0.15) is 6.29 Å². The molecule has 0 aromatic rings. The highest BCUT2D eigenvalue weighted by Crippen LogP contribution is 1.91. The molecule has 0 aliphatic heterocycles. The van der Waals surface area contributed by atoms with E-state index in [9.17, 15) is 4.79 Å². The van der Waals surface area contributed by atoms with E-state index in [0.29, 0.717) is 0 Å². The van der Waals surface area contributed by atoms with Gasteiger partial charge in [0.05, 0.1) is 0 Å². The Balaban J connectivity index is 3.23. The Morgan fingerprint density at radius 3 is 2.25 bits per heavy atom. The van der Waals surface area contributed by atoms with Crippen LogP contribution in [0.5, 0.6) is 0 Å². The molecule has 2 nitrogen and oxygen atoms in total. The first-order valence-corrected chi connectivity index (χ1v) is 2.59. The third kappa shape index (κ3) is 3.81. The van der Waals surface area contributed by atoms with E-state index in [4.69, 9.17) is 0 Å². The minimum atomic E-state index is 0.767. The van der Waals surface area contributed by atoms with Crippen molar-refractivity contribution in [2.45, 2.75) is 6.92 Å². The van der Waals surface area contributed by atoms with Crippen molar-refractivity contribution in [3.63, 3.8) is 0 Å². The summed E-state index contributed by atoms with van der Waals surface area (Å²) in [6, 6.07) is 0. The summed E-state index contributed by atoms with van der Waals surface area (Å²) in [5.41, 5.74) is 0. The minimum absolute atomic E-state index is 0.767. The van der Waals surface area contributed by atoms with Gasteiger partial charge >= 0.3 is 0 Å². The van der Waals surface area contributed by atoms with Crippen LogP contribution in [-0.4, -0.2) is 31.8 Å². The molecule has 0 heterocycles. The Bertz CT molecular complexity index is 70.9. The number of hydrogen-bond acceptors (Lipinski definition) is 2. The van der Waals surface area contributed by atoms with Gasteiger partial charge in [-0.05, 0) is 14.1 Å². The summed E-state index contributed by atoms with van der Waals surface area (Å²) >= 11 is 0. The molecule has 0 aromatic heterocycles. The Morgan fingerprint density at radius 1 is 1.62 bits per heavy atom. The third-order valence-electron chi connectivity index (χ3n) is 0.767. The Hall–Kier alpha value is -0.370. The van der Waals surface area contributed by atoms with Crippen LogP contribution in [-0.2, 0) is 4.79 Å². The van der Waals surface area contributed by atoms with Crippen molar-refractivity contribution in [2.75, 3.05) is 20.6 Å². The lowest BCUT2D eigenvalue weighted by Crippen LogP contribution is -2.18. The molecule has 0 aliphatic rings. The molecule has 0 fully saturated rings. The van der Waals surface area contributed by atoms with Crippen molar-refractivity contribution in [1.82, 2.24) is 4.90 Å². The van der Waals surface area contributed by atoms with E-state index < -0.39 is 0 Å². The van der Waals surface area contributed by atoms with Gasteiger partial charge in [-0.1, -0.05) is 6.92 Å². The zero-order valence-corrected chi connectivity index (χ0v) is 5.64. The van der Waals surface area contributed by atoms with Crippen LogP contribution >= 0.6 is 0 Å². The van der Waals surface area contributed by atoms with Crippen LogP contribution in [0.1, 0.15) is 6.92 Å². The molecule has 0 unspecified atom stereocenters. The highest BCUT2D eigenvalue weighted by atomic mass is 16.1. The summed E-state index contributed by atoms with van der Waals surface area (Å²) < 4.78 is 0. The highest BCUT2D eigenvalue weighted by Gasteiger charge is 1.99. The first kappa shape index (κ1) is 7.63. The average Bonchev–Trinajstić information content (AvgIpc) is 1.65. The van der Waals surface area contributed by atoms with Gasteiger partial charge in [0.15, 0.2) is 0 Å². The third-order valence-corrected chi connectivity index (χ3v) is 0.767. The molecule has 0 aliphatic carbocycles. The maximum absolute atomic E-state index is 9.98. The fourth-order valence-electron chi connectivity index (χ4n) is 0.536. The van der Waals surface area contributed by atoms with Gasteiger partial charge in [-0.25, -0.2) is 0 Å². The molecule has 0 saturated heterocycles. The van der Waals surface area contributed by atoms with Crippen LogP contribution in [0.3, 0.4) is 0 Å². The van der Waals surface area contributed by atoms with Gasteiger partial charge < -0.3 is 9.69 Å². The van der Waals surface area contributed by atoms with Gasteiger partial charge in [0, 0.05) is 12.5 Å². The van der Waals surface area contributed by atoms with Gasteiger partial charge in [-0.2, -0.15) is 0 Å². The van der Waals surface area contributed by atoms with E-state index in [0.717, 1.165) is 18.7 Å². The number of carbonyl (C=O) groups is 1. The molecule has 0 atom stereocenters. The van der Waals surface area contributed by atoms with Crippen molar-refractivity contribution in [3.05, 3.63) is 5.92 Å². The van der Waals surface area contributed by atoms with Crippen LogP contribution in [0, 0.1) is 5.92 Å².